The van der Waals surface area contributed by atoms with Crippen LogP contribution in [0, 0.1) is 0 Å². The van der Waals surface area contributed by atoms with Gasteiger partial charge in [-0.1, -0.05) is 108 Å². The minimum atomic E-state index is -0.562. The molecule has 0 aliphatic rings. The number of phenols is 1. The van der Waals surface area contributed by atoms with Gasteiger partial charge in [0.2, 0.25) is 0 Å². The van der Waals surface area contributed by atoms with E-state index in [0.717, 1.165) is 19.3 Å². The molecule has 0 saturated carbocycles. The maximum atomic E-state index is 13.0. The molecule has 2 N–H and O–H groups in total. The van der Waals surface area contributed by atoms with Crippen molar-refractivity contribution in [2.75, 3.05) is 23.9 Å². The minimum absolute atomic E-state index is 0.125. The molecular weight excluding hydrogens is 524 g/mol. The molecule has 0 aliphatic heterocycles. The van der Waals surface area contributed by atoms with Gasteiger partial charge in [-0.2, -0.15) is 0 Å². The summed E-state index contributed by atoms with van der Waals surface area (Å²) in [4.78, 5) is 26.9. The van der Waals surface area contributed by atoms with Crippen molar-refractivity contribution in [3.63, 3.8) is 0 Å². The first-order valence-corrected chi connectivity index (χ1v) is 15.0. The van der Waals surface area contributed by atoms with Gasteiger partial charge < -0.3 is 15.2 Å². The van der Waals surface area contributed by atoms with E-state index in [1.807, 2.05) is 12.1 Å². The molecule has 2 amide bonds. The first-order chi connectivity index (χ1) is 19.5. The summed E-state index contributed by atoms with van der Waals surface area (Å²) < 4.78 is 5.30. The molecule has 0 radical (unpaired) electrons. The highest BCUT2D eigenvalue weighted by Gasteiger charge is 2.20. The quantitative estimate of drug-likeness (QED) is 0.0968. The standard InChI is InChI=1S/C33H43ClN2O4/c1-3-4-5-6-7-8-9-10-11-12-13-16-24-36(33(34)39)29-20-17-18-26-25(29)22-23-27(31(26)37)32(38)35-28-19-14-15-21-30(28)40-2/h14-15,17-23,37H,3-13,16,24H2,1-2H3,(H,35,38). The summed E-state index contributed by atoms with van der Waals surface area (Å²) in [5.41, 5.74) is 1.25. The molecule has 0 spiro atoms. The predicted octanol–water partition coefficient (Wildman–Crippen LogP) is 9.67. The Kier molecular flexibility index (Phi) is 13.1. The fourth-order valence-electron chi connectivity index (χ4n) is 5.10. The lowest BCUT2D eigenvalue weighted by Crippen LogP contribution is -2.27. The van der Waals surface area contributed by atoms with Gasteiger partial charge in [0.05, 0.1) is 24.0 Å². The maximum absolute atomic E-state index is 13.0. The van der Waals surface area contributed by atoms with Gasteiger partial charge in [-0.3, -0.25) is 14.5 Å². The number of benzene rings is 3. The normalized spacial score (nSPS) is 11.0. The highest BCUT2D eigenvalue weighted by atomic mass is 35.5. The van der Waals surface area contributed by atoms with Gasteiger partial charge >= 0.3 is 5.37 Å². The second-order valence-corrected chi connectivity index (χ2v) is 10.6. The van der Waals surface area contributed by atoms with E-state index in [9.17, 15) is 14.7 Å². The Hall–Kier alpha value is -3.25. The highest BCUT2D eigenvalue weighted by Crippen LogP contribution is 2.36. The number of amides is 2. The van der Waals surface area contributed by atoms with Crippen LogP contribution in [0.25, 0.3) is 10.8 Å². The number of carbonyl (C=O) groups excluding carboxylic acids is 2. The van der Waals surface area contributed by atoms with Crippen LogP contribution < -0.4 is 15.0 Å². The number of unbranched alkanes of at least 4 members (excludes halogenated alkanes) is 11. The molecule has 3 rings (SSSR count). The number of carbonyl (C=O) groups is 2. The smallest absolute Gasteiger partial charge is 0.320 e. The van der Waals surface area contributed by atoms with Crippen LogP contribution in [0.3, 0.4) is 0 Å². The average Bonchev–Trinajstić information content (AvgIpc) is 2.96. The van der Waals surface area contributed by atoms with Gasteiger partial charge in [0, 0.05) is 17.3 Å². The SMILES string of the molecule is CCCCCCCCCCCCCCN(C(=O)Cl)c1cccc2c(O)c(C(=O)Nc3ccccc3OC)ccc12. The number of ether oxygens (including phenoxy) is 1. The first kappa shape index (κ1) is 31.3. The van der Waals surface area contributed by atoms with Crippen LogP contribution in [0.15, 0.2) is 54.6 Å². The van der Waals surface area contributed by atoms with Crippen molar-refractivity contribution in [3.8, 4) is 11.5 Å². The zero-order valence-electron chi connectivity index (χ0n) is 23.9. The number of aromatic hydroxyl groups is 1. The lowest BCUT2D eigenvalue weighted by Gasteiger charge is -2.22. The topological polar surface area (TPSA) is 78.9 Å². The Morgan fingerprint density at radius 1 is 0.800 bits per heavy atom. The number of methoxy groups -OCH3 is 1. The predicted molar refractivity (Wildman–Crippen MR) is 166 cm³/mol. The van der Waals surface area contributed by atoms with Gasteiger partial charge in [0.15, 0.2) is 0 Å². The number of hydrogen-bond acceptors (Lipinski definition) is 4. The molecule has 3 aromatic carbocycles. The zero-order chi connectivity index (χ0) is 28.7. The number of phenolic OH excluding ortho intramolecular Hbond substituents is 1. The van der Waals surface area contributed by atoms with Crippen molar-refractivity contribution in [2.45, 2.75) is 84.0 Å². The summed E-state index contributed by atoms with van der Waals surface area (Å²) in [6, 6.07) is 15.7. The molecule has 0 bridgehead atoms. The molecule has 216 valence electrons. The number of halogens is 1. The summed E-state index contributed by atoms with van der Waals surface area (Å²) in [5.74, 6) is -0.0948. The third-order valence-electron chi connectivity index (χ3n) is 7.35. The van der Waals surface area contributed by atoms with E-state index in [1.165, 1.54) is 64.9 Å². The Morgan fingerprint density at radius 3 is 2.05 bits per heavy atom. The van der Waals surface area contributed by atoms with Crippen molar-refractivity contribution in [1.82, 2.24) is 0 Å². The van der Waals surface area contributed by atoms with Crippen molar-refractivity contribution in [2.24, 2.45) is 0 Å². The molecule has 0 saturated heterocycles. The second-order valence-electron chi connectivity index (χ2n) is 10.3. The van der Waals surface area contributed by atoms with Crippen molar-refractivity contribution >= 4 is 45.0 Å². The number of nitrogens with one attached hydrogen (secondary N) is 1. The zero-order valence-corrected chi connectivity index (χ0v) is 24.6. The van der Waals surface area contributed by atoms with Gasteiger partial charge in [0.1, 0.15) is 11.5 Å². The number of para-hydroxylation sites is 2. The monoisotopic (exact) mass is 566 g/mol. The van der Waals surface area contributed by atoms with Gasteiger partial charge in [-0.15, -0.1) is 0 Å². The number of fused-ring (bicyclic) bond motifs is 1. The first-order valence-electron chi connectivity index (χ1n) is 14.6. The van der Waals surface area contributed by atoms with Crippen LogP contribution in [-0.4, -0.2) is 30.0 Å². The van der Waals surface area contributed by atoms with Crippen molar-refractivity contribution in [1.29, 1.82) is 0 Å². The molecule has 0 aliphatic carbocycles. The summed E-state index contributed by atoms with van der Waals surface area (Å²) in [7, 11) is 1.53. The van der Waals surface area contributed by atoms with Crippen LogP contribution >= 0.6 is 11.6 Å². The van der Waals surface area contributed by atoms with Crippen LogP contribution in [0.5, 0.6) is 11.5 Å². The van der Waals surface area contributed by atoms with E-state index < -0.39 is 11.3 Å². The second kappa shape index (κ2) is 16.8. The molecular formula is C33H43ClN2O4. The van der Waals surface area contributed by atoms with Crippen LogP contribution in [0.4, 0.5) is 16.2 Å². The number of hydrogen-bond donors (Lipinski definition) is 2. The third kappa shape index (κ3) is 8.88. The van der Waals surface area contributed by atoms with Gasteiger partial charge in [-0.25, -0.2) is 0 Å². The number of rotatable bonds is 17. The number of nitrogens with zero attached hydrogens (tertiary/aromatic N) is 1. The summed E-state index contributed by atoms with van der Waals surface area (Å²) in [6.45, 7) is 2.74. The Bertz CT molecular complexity index is 1250. The van der Waals surface area contributed by atoms with Crippen LogP contribution in [0.1, 0.15) is 94.3 Å². The summed E-state index contributed by atoms with van der Waals surface area (Å²) in [6.07, 6.45) is 14.8. The summed E-state index contributed by atoms with van der Waals surface area (Å²) >= 11 is 6.01. The van der Waals surface area contributed by atoms with E-state index in [4.69, 9.17) is 16.3 Å². The van der Waals surface area contributed by atoms with Crippen molar-refractivity contribution in [3.05, 3.63) is 60.2 Å². The van der Waals surface area contributed by atoms with Gasteiger partial charge in [-0.05, 0) is 42.3 Å². The van der Waals surface area contributed by atoms with Crippen molar-refractivity contribution < 1.29 is 19.4 Å². The molecule has 0 heterocycles. The lowest BCUT2D eigenvalue weighted by atomic mass is 10.0. The highest BCUT2D eigenvalue weighted by molar-refractivity contribution is 6.66. The largest absolute Gasteiger partial charge is 0.506 e. The fraction of sp³-hybridized carbons (Fsp3) is 0.455. The Balaban J connectivity index is 1.59. The van der Waals surface area contributed by atoms with E-state index in [0.29, 0.717) is 34.4 Å². The molecule has 6 nitrogen and oxygen atoms in total. The van der Waals surface area contributed by atoms with E-state index in [-0.39, 0.29) is 11.3 Å². The summed E-state index contributed by atoms with van der Waals surface area (Å²) in [5, 5.41) is 14.4. The third-order valence-corrected chi connectivity index (χ3v) is 7.55. The molecule has 40 heavy (non-hydrogen) atoms. The number of anilines is 2. The van der Waals surface area contributed by atoms with Gasteiger partial charge in [0.25, 0.3) is 5.91 Å². The maximum Gasteiger partial charge on any atom is 0.320 e. The van der Waals surface area contributed by atoms with Crippen LogP contribution in [-0.2, 0) is 0 Å². The van der Waals surface area contributed by atoms with E-state index in [2.05, 4.69) is 12.2 Å². The Morgan fingerprint density at radius 2 is 1.43 bits per heavy atom. The fourth-order valence-corrected chi connectivity index (χ4v) is 5.27. The van der Waals surface area contributed by atoms with E-state index >= 15 is 0 Å². The molecule has 3 aromatic rings. The Labute approximate surface area is 243 Å². The molecule has 0 aromatic heterocycles. The molecule has 7 heteroatoms. The minimum Gasteiger partial charge on any atom is -0.506 e. The molecule has 0 unspecified atom stereocenters. The molecule has 0 atom stereocenters. The average molecular weight is 567 g/mol. The molecule has 0 fully saturated rings. The van der Waals surface area contributed by atoms with Crippen LogP contribution in [0.2, 0.25) is 0 Å². The van der Waals surface area contributed by atoms with E-state index in [1.54, 1.807) is 47.4 Å². The lowest BCUT2D eigenvalue weighted by molar-refractivity contribution is 0.102.